The molecule has 1 N–H and O–H groups in total. The van der Waals surface area contributed by atoms with Crippen molar-refractivity contribution in [3.8, 4) is 0 Å². The van der Waals surface area contributed by atoms with Gasteiger partial charge in [0.25, 0.3) is 0 Å². The van der Waals surface area contributed by atoms with Gasteiger partial charge in [0, 0.05) is 57.2 Å². The summed E-state index contributed by atoms with van der Waals surface area (Å²) >= 11 is 0. The summed E-state index contributed by atoms with van der Waals surface area (Å²) in [7, 11) is 3.78. The Balaban J connectivity index is 1.43. The highest BCUT2D eigenvalue weighted by Gasteiger charge is 2.30. The number of nitrogens with zero attached hydrogens (tertiary/aromatic N) is 4. The minimum atomic E-state index is 0.358. The first kappa shape index (κ1) is 20.4. The molecule has 0 aromatic carbocycles. The van der Waals surface area contributed by atoms with Gasteiger partial charge in [0.05, 0.1) is 12.8 Å². The van der Waals surface area contributed by atoms with Crippen LogP contribution in [0.3, 0.4) is 0 Å². The van der Waals surface area contributed by atoms with Gasteiger partial charge in [-0.3, -0.25) is 9.58 Å². The molecule has 1 atom stereocenters. The Labute approximate surface area is 174 Å². The van der Waals surface area contributed by atoms with Gasteiger partial charge in [-0.2, -0.15) is 5.10 Å². The summed E-state index contributed by atoms with van der Waals surface area (Å²) in [5, 5.41) is 7.84. The standard InChI is InChI=1S/C23H35N5O/c1-4-9-28(10-11-29-3)20-7-5-17(6-8-20)18-12-21-22(15-25-23(21)24-13-18)19-14-26-27(2)16-19/h12-14,16-17,20,22H,4-11,15H2,1-3H3,(H,24,25). The smallest absolute Gasteiger partial charge is 0.129 e. The van der Waals surface area contributed by atoms with Gasteiger partial charge in [0.15, 0.2) is 0 Å². The molecule has 158 valence electrons. The minimum Gasteiger partial charge on any atom is -0.383 e. The summed E-state index contributed by atoms with van der Waals surface area (Å²) in [6.07, 6.45) is 12.5. The first-order valence-electron chi connectivity index (χ1n) is 11.1. The van der Waals surface area contributed by atoms with Crippen LogP contribution in [0.4, 0.5) is 5.82 Å². The third-order valence-corrected chi connectivity index (χ3v) is 6.69. The second kappa shape index (κ2) is 9.26. The molecule has 6 nitrogen and oxygen atoms in total. The van der Waals surface area contributed by atoms with E-state index in [2.05, 4.69) is 40.7 Å². The summed E-state index contributed by atoms with van der Waals surface area (Å²) in [5.41, 5.74) is 4.03. The number of ether oxygens (including phenoxy) is 1. The van der Waals surface area contributed by atoms with E-state index in [0.29, 0.717) is 17.9 Å². The van der Waals surface area contributed by atoms with Gasteiger partial charge in [-0.25, -0.2) is 4.98 Å². The number of rotatable bonds is 8. The van der Waals surface area contributed by atoms with Gasteiger partial charge in [0.1, 0.15) is 5.82 Å². The van der Waals surface area contributed by atoms with Crippen LogP contribution >= 0.6 is 0 Å². The quantitative estimate of drug-likeness (QED) is 0.735. The van der Waals surface area contributed by atoms with Crippen molar-refractivity contribution in [3.05, 3.63) is 41.3 Å². The second-order valence-electron chi connectivity index (χ2n) is 8.62. The van der Waals surface area contributed by atoms with Gasteiger partial charge >= 0.3 is 0 Å². The Morgan fingerprint density at radius 1 is 1.17 bits per heavy atom. The molecule has 1 aliphatic carbocycles. The fourth-order valence-corrected chi connectivity index (χ4v) is 5.11. The van der Waals surface area contributed by atoms with Crippen LogP contribution in [0.5, 0.6) is 0 Å². The average Bonchev–Trinajstić information content (AvgIpc) is 3.36. The molecule has 0 amide bonds. The van der Waals surface area contributed by atoms with E-state index >= 15 is 0 Å². The van der Waals surface area contributed by atoms with Crippen molar-refractivity contribution >= 4 is 5.82 Å². The largest absolute Gasteiger partial charge is 0.383 e. The van der Waals surface area contributed by atoms with Crippen molar-refractivity contribution in [2.75, 3.05) is 38.7 Å². The lowest BCUT2D eigenvalue weighted by atomic mass is 9.81. The SMILES string of the molecule is CCCN(CCOC)C1CCC(c2cnc3c(c2)C(c2cnn(C)c2)CN3)CC1. The molecule has 0 bridgehead atoms. The molecule has 3 heterocycles. The summed E-state index contributed by atoms with van der Waals surface area (Å²) in [6.45, 7) is 6.25. The number of aryl methyl sites for hydroxylation is 1. The zero-order chi connectivity index (χ0) is 20.2. The molecule has 1 fully saturated rings. The number of hydrogen-bond donors (Lipinski definition) is 1. The van der Waals surface area contributed by atoms with Crippen LogP contribution in [-0.4, -0.2) is 59.1 Å². The predicted molar refractivity (Wildman–Crippen MR) is 117 cm³/mol. The van der Waals surface area contributed by atoms with Gasteiger partial charge in [-0.1, -0.05) is 6.92 Å². The van der Waals surface area contributed by atoms with Crippen LogP contribution in [0.2, 0.25) is 0 Å². The molecule has 0 radical (unpaired) electrons. The molecule has 1 unspecified atom stereocenters. The number of methoxy groups -OCH3 is 1. The lowest BCUT2D eigenvalue weighted by Gasteiger charge is -2.37. The molecule has 0 saturated heterocycles. The molecule has 2 aromatic rings. The molecule has 2 aliphatic rings. The zero-order valence-corrected chi connectivity index (χ0v) is 18.1. The number of nitrogens with one attached hydrogen (secondary N) is 1. The van der Waals surface area contributed by atoms with Crippen molar-refractivity contribution in [1.29, 1.82) is 0 Å². The second-order valence-corrected chi connectivity index (χ2v) is 8.62. The third kappa shape index (κ3) is 4.48. The zero-order valence-electron chi connectivity index (χ0n) is 18.1. The Kier molecular flexibility index (Phi) is 6.50. The molecule has 2 aromatic heterocycles. The van der Waals surface area contributed by atoms with Crippen LogP contribution in [0.25, 0.3) is 0 Å². The van der Waals surface area contributed by atoms with Crippen molar-refractivity contribution in [2.24, 2.45) is 7.05 Å². The lowest BCUT2D eigenvalue weighted by Crippen LogP contribution is -2.40. The van der Waals surface area contributed by atoms with Crippen LogP contribution in [0.1, 0.15) is 67.6 Å². The molecule has 0 spiro atoms. The number of hydrogen-bond acceptors (Lipinski definition) is 5. The highest BCUT2D eigenvalue weighted by molar-refractivity contribution is 5.56. The van der Waals surface area contributed by atoms with Crippen LogP contribution in [0, 0.1) is 0 Å². The molecule has 6 heteroatoms. The maximum Gasteiger partial charge on any atom is 0.129 e. The summed E-state index contributed by atoms with van der Waals surface area (Å²) < 4.78 is 7.22. The van der Waals surface area contributed by atoms with Gasteiger partial charge in [0.2, 0.25) is 0 Å². The Bertz CT molecular complexity index is 796. The average molecular weight is 398 g/mol. The van der Waals surface area contributed by atoms with E-state index in [1.54, 1.807) is 7.11 Å². The number of pyridine rings is 1. The molecule has 1 saturated carbocycles. The van der Waals surface area contributed by atoms with Crippen molar-refractivity contribution < 1.29 is 4.74 Å². The summed E-state index contributed by atoms with van der Waals surface area (Å²) in [5.74, 6) is 2.03. The molecular weight excluding hydrogens is 362 g/mol. The fourth-order valence-electron chi connectivity index (χ4n) is 5.11. The normalized spacial score (nSPS) is 23.9. The van der Waals surface area contributed by atoms with Gasteiger partial charge in [-0.15, -0.1) is 0 Å². The number of anilines is 1. The molecule has 1 aliphatic heterocycles. The van der Waals surface area contributed by atoms with E-state index in [9.17, 15) is 0 Å². The molecular formula is C23H35N5O. The predicted octanol–water partition coefficient (Wildman–Crippen LogP) is 3.76. The van der Waals surface area contributed by atoms with E-state index in [4.69, 9.17) is 9.72 Å². The van der Waals surface area contributed by atoms with E-state index in [1.807, 2.05) is 17.9 Å². The van der Waals surface area contributed by atoms with Crippen LogP contribution in [0.15, 0.2) is 24.7 Å². The highest BCUT2D eigenvalue weighted by Crippen LogP contribution is 2.40. The first-order valence-corrected chi connectivity index (χ1v) is 11.1. The maximum absolute atomic E-state index is 5.33. The lowest BCUT2D eigenvalue weighted by molar-refractivity contribution is 0.0990. The van der Waals surface area contributed by atoms with E-state index in [-0.39, 0.29) is 0 Å². The third-order valence-electron chi connectivity index (χ3n) is 6.69. The van der Waals surface area contributed by atoms with E-state index in [0.717, 1.165) is 25.5 Å². The van der Waals surface area contributed by atoms with E-state index < -0.39 is 0 Å². The Morgan fingerprint density at radius 2 is 2.00 bits per heavy atom. The topological polar surface area (TPSA) is 55.2 Å². The van der Waals surface area contributed by atoms with Crippen molar-refractivity contribution in [1.82, 2.24) is 19.7 Å². The maximum atomic E-state index is 5.33. The number of aromatic nitrogens is 3. The summed E-state index contributed by atoms with van der Waals surface area (Å²) in [4.78, 5) is 7.42. The van der Waals surface area contributed by atoms with E-state index in [1.165, 1.54) is 55.3 Å². The molecule has 4 rings (SSSR count). The summed E-state index contributed by atoms with van der Waals surface area (Å²) in [6, 6.07) is 3.12. The van der Waals surface area contributed by atoms with Crippen molar-refractivity contribution in [3.63, 3.8) is 0 Å². The fraction of sp³-hybridized carbons (Fsp3) is 0.652. The minimum absolute atomic E-state index is 0.358. The first-order chi connectivity index (χ1) is 14.2. The van der Waals surface area contributed by atoms with Crippen LogP contribution < -0.4 is 5.32 Å². The van der Waals surface area contributed by atoms with Gasteiger partial charge in [-0.05, 0) is 61.8 Å². The molecule has 29 heavy (non-hydrogen) atoms. The highest BCUT2D eigenvalue weighted by atomic mass is 16.5. The Hall–Kier alpha value is -1.92. The monoisotopic (exact) mass is 397 g/mol. The van der Waals surface area contributed by atoms with Gasteiger partial charge < -0.3 is 10.1 Å². The number of fused-ring (bicyclic) bond motifs is 1. The van der Waals surface area contributed by atoms with Crippen molar-refractivity contribution in [2.45, 2.75) is 56.9 Å². The van der Waals surface area contributed by atoms with Crippen LogP contribution in [-0.2, 0) is 11.8 Å². The Morgan fingerprint density at radius 3 is 2.69 bits per heavy atom.